The monoisotopic (exact) mass is 325 g/mol. The second kappa shape index (κ2) is 6.62. The van der Waals surface area contributed by atoms with Gasteiger partial charge in [0.25, 0.3) is 11.8 Å². The van der Waals surface area contributed by atoms with Crippen molar-refractivity contribution in [2.24, 2.45) is 0 Å². The second-order valence-corrected chi connectivity index (χ2v) is 5.79. The number of anilines is 2. The molecule has 24 heavy (non-hydrogen) atoms. The van der Waals surface area contributed by atoms with E-state index in [0.717, 1.165) is 11.3 Å². The molecule has 0 saturated heterocycles. The molecule has 0 aliphatic carbocycles. The molecule has 1 aliphatic heterocycles. The molecule has 0 aromatic heterocycles. The molecule has 2 amide bonds. The van der Waals surface area contributed by atoms with Gasteiger partial charge < -0.3 is 20.3 Å². The molecule has 2 aromatic rings. The summed E-state index contributed by atoms with van der Waals surface area (Å²) in [6, 6.07) is 12.9. The fraction of sp³-hybridized carbons (Fsp3) is 0.222. The van der Waals surface area contributed by atoms with Crippen molar-refractivity contribution in [1.82, 2.24) is 5.32 Å². The minimum absolute atomic E-state index is 0.0338. The summed E-state index contributed by atoms with van der Waals surface area (Å²) in [6.07, 6.45) is 0. The third kappa shape index (κ3) is 3.48. The van der Waals surface area contributed by atoms with Crippen LogP contribution in [0.3, 0.4) is 0 Å². The zero-order valence-electron chi connectivity index (χ0n) is 13.6. The van der Waals surface area contributed by atoms with Gasteiger partial charge in [0.05, 0.1) is 5.69 Å². The van der Waals surface area contributed by atoms with Gasteiger partial charge in [-0.05, 0) is 42.0 Å². The number of rotatable bonds is 4. The van der Waals surface area contributed by atoms with Gasteiger partial charge in [0.2, 0.25) is 0 Å². The molecule has 2 N–H and O–H groups in total. The van der Waals surface area contributed by atoms with Gasteiger partial charge in [-0.3, -0.25) is 9.59 Å². The Bertz CT molecular complexity index is 770. The highest BCUT2D eigenvalue weighted by molar-refractivity contribution is 5.96. The number of ether oxygens (including phenoxy) is 1. The van der Waals surface area contributed by atoms with Crippen molar-refractivity contribution in [3.63, 3.8) is 0 Å². The normalized spacial score (nSPS) is 12.7. The van der Waals surface area contributed by atoms with Crippen LogP contribution in [-0.2, 0) is 11.3 Å². The van der Waals surface area contributed by atoms with Crippen LogP contribution in [0.2, 0.25) is 0 Å². The van der Waals surface area contributed by atoms with E-state index >= 15 is 0 Å². The van der Waals surface area contributed by atoms with Gasteiger partial charge in [0.15, 0.2) is 6.61 Å². The maximum Gasteiger partial charge on any atom is 0.262 e. The van der Waals surface area contributed by atoms with E-state index in [2.05, 4.69) is 10.6 Å². The summed E-state index contributed by atoms with van der Waals surface area (Å²) in [4.78, 5) is 25.6. The number of nitrogens with zero attached hydrogens (tertiary/aromatic N) is 1. The number of hydrogen-bond donors (Lipinski definition) is 2. The van der Waals surface area contributed by atoms with Crippen LogP contribution in [0.1, 0.15) is 15.9 Å². The highest BCUT2D eigenvalue weighted by Gasteiger charge is 2.16. The number of benzene rings is 2. The third-order valence-electron chi connectivity index (χ3n) is 3.78. The van der Waals surface area contributed by atoms with Gasteiger partial charge in [-0.2, -0.15) is 0 Å². The predicted octanol–water partition coefficient (Wildman–Crippen LogP) is 2.01. The number of carbonyl (C=O) groups is 2. The SMILES string of the molecule is CN(C)c1ccc(C(=O)NCc2ccc3c(c2)NC(=O)CO3)cc1. The van der Waals surface area contributed by atoms with Crippen LogP contribution in [0.15, 0.2) is 42.5 Å². The lowest BCUT2D eigenvalue weighted by Gasteiger charge is -2.18. The minimum atomic E-state index is -0.176. The summed E-state index contributed by atoms with van der Waals surface area (Å²) in [5.74, 6) is 0.326. The Hall–Kier alpha value is -3.02. The lowest BCUT2D eigenvalue weighted by Crippen LogP contribution is -2.26. The van der Waals surface area contributed by atoms with Crippen molar-refractivity contribution >= 4 is 23.2 Å². The predicted molar refractivity (Wildman–Crippen MR) is 92.5 cm³/mol. The van der Waals surface area contributed by atoms with Gasteiger partial charge in [0.1, 0.15) is 5.75 Å². The molecule has 0 atom stereocenters. The van der Waals surface area contributed by atoms with Crippen LogP contribution in [0, 0.1) is 0 Å². The number of amides is 2. The van der Waals surface area contributed by atoms with Crippen LogP contribution in [0.5, 0.6) is 5.75 Å². The third-order valence-corrected chi connectivity index (χ3v) is 3.78. The van der Waals surface area contributed by atoms with Crippen molar-refractivity contribution in [3.8, 4) is 5.75 Å². The van der Waals surface area contributed by atoms with Crippen molar-refractivity contribution in [3.05, 3.63) is 53.6 Å². The molecule has 0 bridgehead atoms. The Balaban J connectivity index is 1.64. The standard InChI is InChI=1S/C18H19N3O3/c1-21(2)14-6-4-13(5-7-14)18(23)19-10-12-3-8-16-15(9-12)20-17(22)11-24-16/h3-9H,10-11H2,1-2H3,(H,19,23)(H,20,22). The van der Waals surface area contributed by atoms with Crippen molar-refractivity contribution < 1.29 is 14.3 Å². The number of carbonyl (C=O) groups excluding carboxylic acids is 2. The minimum Gasteiger partial charge on any atom is -0.482 e. The van der Waals surface area contributed by atoms with Crippen molar-refractivity contribution in [1.29, 1.82) is 0 Å². The summed E-state index contributed by atoms with van der Waals surface area (Å²) in [5.41, 5.74) is 3.17. The quantitative estimate of drug-likeness (QED) is 0.902. The maximum atomic E-state index is 12.2. The number of fused-ring (bicyclic) bond motifs is 1. The van der Waals surface area contributed by atoms with E-state index in [0.29, 0.717) is 23.5 Å². The largest absolute Gasteiger partial charge is 0.482 e. The summed E-state index contributed by atoms with van der Waals surface area (Å²) in [7, 11) is 3.90. The van der Waals surface area contributed by atoms with E-state index < -0.39 is 0 Å². The van der Waals surface area contributed by atoms with Gasteiger partial charge in [0, 0.05) is 31.9 Å². The first kappa shape index (κ1) is 15.9. The summed E-state index contributed by atoms with van der Waals surface area (Å²) in [6.45, 7) is 0.406. The van der Waals surface area contributed by atoms with Crippen LogP contribution >= 0.6 is 0 Å². The maximum absolute atomic E-state index is 12.2. The molecule has 0 saturated carbocycles. The van der Waals surface area contributed by atoms with Crippen LogP contribution in [-0.4, -0.2) is 32.5 Å². The second-order valence-electron chi connectivity index (χ2n) is 5.79. The van der Waals surface area contributed by atoms with Crippen LogP contribution in [0.25, 0.3) is 0 Å². The molecule has 6 heteroatoms. The van der Waals surface area contributed by atoms with Gasteiger partial charge in [-0.1, -0.05) is 6.07 Å². The molecule has 0 radical (unpaired) electrons. The fourth-order valence-electron chi connectivity index (χ4n) is 2.44. The first-order chi connectivity index (χ1) is 11.5. The topological polar surface area (TPSA) is 70.7 Å². The van der Waals surface area contributed by atoms with E-state index in [1.54, 1.807) is 18.2 Å². The molecule has 3 rings (SSSR count). The first-order valence-corrected chi connectivity index (χ1v) is 7.64. The van der Waals surface area contributed by atoms with Crippen molar-refractivity contribution in [2.75, 3.05) is 30.9 Å². The Labute approximate surface area is 140 Å². The lowest BCUT2D eigenvalue weighted by atomic mass is 10.1. The first-order valence-electron chi connectivity index (χ1n) is 7.64. The summed E-state index contributed by atoms with van der Waals surface area (Å²) < 4.78 is 5.31. The average molecular weight is 325 g/mol. The van der Waals surface area contributed by atoms with Gasteiger partial charge in [-0.25, -0.2) is 0 Å². The summed E-state index contributed by atoms with van der Waals surface area (Å²) >= 11 is 0. The van der Waals surface area contributed by atoms with Crippen LogP contribution < -0.4 is 20.3 Å². The molecular weight excluding hydrogens is 306 g/mol. The van der Waals surface area contributed by atoms with Crippen LogP contribution in [0.4, 0.5) is 11.4 Å². The lowest BCUT2D eigenvalue weighted by molar-refractivity contribution is -0.118. The van der Waals surface area contributed by atoms with E-state index in [4.69, 9.17) is 4.74 Å². The smallest absolute Gasteiger partial charge is 0.262 e. The molecule has 0 unspecified atom stereocenters. The Kier molecular flexibility index (Phi) is 4.37. The highest BCUT2D eigenvalue weighted by Crippen LogP contribution is 2.28. The molecule has 2 aromatic carbocycles. The van der Waals surface area contributed by atoms with Gasteiger partial charge >= 0.3 is 0 Å². The van der Waals surface area contributed by atoms with Gasteiger partial charge in [-0.15, -0.1) is 0 Å². The Morgan fingerprint density at radius 3 is 2.67 bits per heavy atom. The van der Waals surface area contributed by atoms with Crippen molar-refractivity contribution in [2.45, 2.75) is 6.54 Å². The number of nitrogens with one attached hydrogen (secondary N) is 2. The molecule has 0 fully saturated rings. The Morgan fingerprint density at radius 2 is 1.96 bits per heavy atom. The molecule has 6 nitrogen and oxygen atoms in total. The molecule has 1 heterocycles. The zero-order valence-corrected chi connectivity index (χ0v) is 13.6. The average Bonchev–Trinajstić information content (AvgIpc) is 2.59. The Morgan fingerprint density at radius 1 is 1.21 bits per heavy atom. The number of hydrogen-bond acceptors (Lipinski definition) is 4. The molecule has 0 spiro atoms. The molecule has 1 aliphatic rings. The zero-order chi connectivity index (χ0) is 17.1. The fourth-order valence-corrected chi connectivity index (χ4v) is 2.44. The van der Waals surface area contributed by atoms with E-state index in [9.17, 15) is 9.59 Å². The highest BCUT2D eigenvalue weighted by atomic mass is 16.5. The van der Waals surface area contributed by atoms with E-state index in [1.807, 2.05) is 43.3 Å². The molecular formula is C18H19N3O3. The van der Waals surface area contributed by atoms with E-state index in [1.165, 1.54) is 0 Å². The summed E-state index contributed by atoms with van der Waals surface area (Å²) in [5, 5.41) is 5.63. The van der Waals surface area contributed by atoms with E-state index in [-0.39, 0.29) is 18.4 Å². The molecule has 124 valence electrons.